The molecule has 0 unspecified atom stereocenters. The van der Waals surface area contributed by atoms with E-state index in [4.69, 9.17) is 10.1 Å². The summed E-state index contributed by atoms with van der Waals surface area (Å²) < 4.78 is 4.10. The molecule has 0 amide bonds. The first-order valence-corrected chi connectivity index (χ1v) is 10.4. The predicted octanol–water partition coefficient (Wildman–Crippen LogP) is 6.02. The van der Waals surface area contributed by atoms with Gasteiger partial charge in [0, 0.05) is 23.4 Å². The Morgan fingerprint density at radius 3 is 2.32 bits per heavy atom. The number of para-hydroxylation sites is 1. The van der Waals surface area contributed by atoms with Crippen molar-refractivity contribution < 1.29 is 15.3 Å². The summed E-state index contributed by atoms with van der Waals surface area (Å²) >= 11 is 0. The zero-order valence-electron chi connectivity index (χ0n) is 18.2. The van der Waals surface area contributed by atoms with Gasteiger partial charge in [0.25, 0.3) is 0 Å². The quantitative estimate of drug-likeness (QED) is 0.237. The van der Waals surface area contributed by atoms with E-state index >= 15 is 0 Å². The number of rotatable bonds is 6. The van der Waals surface area contributed by atoms with Gasteiger partial charge in [-0.15, -0.1) is 0 Å². The lowest BCUT2D eigenvalue weighted by molar-refractivity contribution is 0.0325. The summed E-state index contributed by atoms with van der Waals surface area (Å²) in [7, 11) is 1.43. The summed E-state index contributed by atoms with van der Waals surface area (Å²) in [5.74, 6) is 0. The van der Waals surface area contributed by atoms with Crippen LogP contribution in [0.5, 0.6) is 0 Å². The maximum atomic E-state index is 7.65. The van der Waals surface area contributed by atoms with Crippen molar-refractivity contribution in [1.29, 1.82) is 0 Å². The van der Waals surface area contributed by atoms with E-state index in [-0.39, 0.29) is 12.3 Å². The first kappa shape index (κ1) is 24.2. The number of aliphatic hydroxyl groups is 1. The molecule has 0 atom stereocenters. The first-order valence-electron chi connectivity index (χ1n) is 10.4. The van der Waals surface area contributed by atoms with Crippen molar-refractivity contribution in [2.45, 2.75) is 26.2 Å². The monoisotopic (exact) mass is 417 g/mol. The van der Waals surface area contributed by atoms with Gasteiger partial charge in [-0.05, 0) is 29.5 Å². The highest BCUT2D eigenvalue weighted by Crippen LogP contribution is 2.33. The summed E-state index contributed by atoms with van der Waals surface area (Å²) in [5, 5.41) is 11.3. The van der Waals surface area contributed by atoms with Gasteiger partial charge in [0.05, 0.1) is 11.2 Å². The second-order valence-corrected chi connectivity index (χ2v) is 7.11. The number of aromatic nitrogens is 1. The van der Waals surface area contributed by atoms with E-state index in [0.717, 1.165) is 23.2 Å². The number of pyridine rings is 1. The number of ether oxygens (including phenoxy) is 1. The molecule has 0 saturated carbocycles. The van der Waals surface area contributed by atoms with Gasteiger partial charge >= 0.3 is 0 Å². The minimum absolute atomic E-state index is 0. The Morgan fingerprint density at radius 2 is 1.61 bits per heavy atom. The van der Waals surface area contributed by atoms with Crippen LogP contribution in [0.4, 0.5) is 0 Å². The van der Waals surface area contributed by atoms with Crippen molar-refractivity contribution in [3.05, 3.63) is 84.4 Å². The summed E-state index contributed by atoms with van der Waals surface area (Å²) in [6.07, 6.45) is 8.15. The van der Waals surface area contributed by atoms with Crippen LogP contribution in [0.1, 0.15) is 31.7 Å². The van der Waals surface area contributed by atoms with E-state index in [1.165, 1.54) is 41.7 Å². The first-order chi connectivity index (χ1) is 14.8. The van der Waals surface area contributed by atoms with Crippen LogP contribution in [0, 0.1) is 0 Å². The molecule has 0 spiro atoms. The molecule has 4 heteroatoms. The van der Waals surface area contributed by atoms with Gasteiger partial charge in [-0.3, -0.25) is 0 Å². The molecule has 0 radical (unpaired) electrons. The van der Waals surface area contributed by atoms with E-state index < -0.39 is 0 Å². The van der Waals surface area contributed by atoms with Gasteiger partial charge in [-0.2, -0.15) is 0 Å². The Labute approximate surface area is 184 Å². The molecule has 4 rings (SSSR count). The number of aliphatic hydroxyl groups excluding tert-OH is 1. The number of hydrogen-bond acceptors (Lipinski definition) is 3. The smallest absolute Gasteiger partial charge is 0.143 e. The molecular weight excluding hydrogens is 386 g/mol. The van der Waals surface area contributed by atoms with Crippen LogP contribution in [0.3, 0.4) is 0 Å². The minimum atomic E-state index is -0.181. The number of fused-ring (bicyclic) bond motifs is 3. The Kier molecular flexibility index (Phi) is 9.85. The molecule has 0 aliphatic carbocycles. The van der Waals surface area contributed by atoms with Crippen LogP contribution in [-0.2, 0) is 4.74 Å². The van der Waals surface area contributed by atoms with Crippen LogP contribution in [0.2, 0.25) is 0 Å². The highest BCUT2D eigenvalue weighted by atomic mass is 16.6. The molecule has 0 bridgehead atoms. The van der Waals surface area contributed by atoms with Gasteiger partial charge in [-0.1, -0.05) is 92.6 Å². The molecule has 162 valence electrons. The molecule has 4 aromatic rings. The average molecular weight is 418 g/mol. The van der Waals surface area contributed by atoms with Gasteiger partial charge in [0.1, 0.15) is 6.79 Å². The summed E-state index contributed by atoms with van der Waals surface area (Å²) in [6, 6.07) is 25.6. The molecule has 31 heavy (non-hydrogen) atoms. The van der Waals surface area contributed by atoms with Crippen LogP contribution >= 0.6 is 0 Å². The van der Waals surface area contributed by atoms with Crippen LogP contribution < -0.4 is 0 Å². The molecule has 3 N–H and O–H groups in total. The maximum absolute atomic E-state index is 7.65. The fraction of sp³-hybridized carbons (Fsp3) is 0.222. The molecule has 0 aliphatic rings. The lowest BCUT2D eigenvalue weighted by Gasteiger charge is -2.11. The lowest BCUT2D eigenvalue weighted by atomic mass is 9.98. The average Bonchev–Trinajstić information content (AvgIpc) is 2.82. The van der Waals surface area contributed by atoms with Crippen LogP contribution in [0.15, 0.2) is 78.9 Å². The van der Waals surface area contributed by atoms with E-state index in [1.54, 1.807) is 0 Å². The van der Waals surface area contributed by atoms with Crippen molar-refractivity contribution in [1.82, 2.24) is 4.98 Å². The number of hydrogen-bond donors (Lipinski definition) is 1. The van der Waals surface area contributed by atoms with Crippen molar-refractivity contribution in [3.63, 3.8) is 0 Å². The maximum Gasteiger partial charge on any atom is 0.143 e. The van der Waals surface area contributed by atoms with Crippen molar-refractivity contribution in [3.8, 4) is 11.3 Å². The van der Waals surface area contributed by atoms with Gasteiger partial charge in [0.15, 0.2) is 0 Å². The van der Waals surface area contributed by atoms with Gasteiger partial charge in [-0.25, -0.2) is 4.98 Å². The number of methoxy groups -OCH3 is 1. The van der Waals surface area contributed by atoms with Gasteiger partial charge in [0.2, 0.25) is 0 Å². The number of unbranched alkanes of at least 4 members (excludes halogenated alkanes) is 2. The number of nitrogens with zero attached hydrogens (tertiary/aromatic N) is 1. The van der Waals surface area contributed by atoms with E-state index in [9.17, 15) is 0 Å². The summed E-state index contributed by atoms with van der Waals surface area (Å²) in [5.41, 5.74) is 4.52. The lowest BCUT2D eigenvalue weighted by Crippen LogP contribution is -1.90. The Hall–Kier alpha value is -3.05. The van der Waals surface area contributed by atoms with Crippen LogP contribution in [-0.4, -0.2) is 29.5 Å². The van der Waals surface area contributed by atoms with Crippen LogP contribution in [0.25, 0.3) is 39.0 Å². The van der Waals surface area contributed by atoms with E-state index in [1.807, 2.05) is 6.07 Å². The van der Waals surface area contributed by atoms with Crippen molar-refractivity contribution >= 4 is 27.8 Å². The number of allylic oxidation sites excluding steroid dienone is 1. The van der Waals surface area contributed by atoms with Crippen molar-refractivity contribution in [2.75, 3.05) is 13.9 Å². The van der Waals surface area contributed by atoms with Crippen molar-refractivity contribution in [2.24, 2.45) is 0 Å². The SMILES string of the molecule is CCCC/C=C\c1ccc2c(-c3ccccc3)nc3ccccc3c2c1.COCO.O. The zero-order valence-corrected chi connectivity index (χ0v) is 18.2. The third kappa shape index (κ3) is 6.22. The van der Waals surface area contributed by atoms with Gasteiger partial charge < -0.3 is 15.3 Å². The van der Waals surface area contributed by atoms with E-state index in [0.29, 0.717) is 0 Å². The molecule has 1 aromatic heterocycles. The Morgan fingerprint density at radius 1 is 0.903 bits per heavy atom. The summed E-state index contributed by atoms with van der Waals surface area (Å²) in [6.45, 7) is 2.05. The second-order valence-electron chi connectivity index (χ2n) is 7.11. The molecule has 1 heterocycles. The largest absolute Gasteiger partial charge is 0.412 e. The highest BCUT2D eigenvalue weighted by molar-refractivity contribution is 6.11. The molecular formula is C27H31NO3. The Bertz CT molecular complexity index is 1110. The van der Waals surface area contributed by atoms with E-state index in [2.05, 4.69) is 90.5 Å². The molecule has 3 aromatic carbocycles. The number of benzene rings is 3. The third-order valence-corrected chi connectivity index (χ3v) is 4.94. The molecule has 0 aliphatic heterocycles. The normalized spacial score (nSPS) is 10.7. The summed E-state index contributed by atoms with van der Waals surface area (Å²) in [4.78, 5) is 4.97. The molecule has 4 nitrogen and oxygen atoms in total. The second kappa shape index (κ2) is 12.6. The Balaban J connectivity index is 0.000000631. The molecule has 0 fully saturated rings. The standard InChI is InChI=1S/C25H23N.C2H6O2.H2O/c1-2-3-4-6-11-19-16-17-22-23(18-19)21-14-9-10-15-24(21)26-25(22)20-12-7-5-8-13-20;1-4-2-3;/h5-18H,2-4H2,1H3;3H,2H2,1H3;1H2/b11-6-;;. The zero-order chi connectivity index (χ0) is 21.2. The fourth-order valence-corrected chi connectivity index (χ4v) is 3.43. The predicted molar refractivity (Wildman–Crippen MR) is 131 cm³/mol. The molecule has 0 saturated heterocycles. The third-order valence-electron chi connectivity index (χ3n) is 4.94. The fourth-order valence-electron chi connectivity index (χ4n) is 3.43. The highest BCUT2D eigenvalue weighted by Gasteiger charge is 2.10. The topological polar surface area (TPSA) is 73.8 Å². The minimum Gasteiger partial charge on any atom is -0.412 e.